The standard InChI is InChI=1S/C20H13N3O4S/c24-19-18(20-23-16-5-1-2-6-17(16)27-20)14-10-12(7-8-15(14)22-19)28(25,26)13-4-3-9-21-11-13/h1-11,18H,(H,22,24). The van der Waals surface area contributed by atoms with E-state index in [0.717, 1.165) is 0 Å². The zero-order valence-electron chi connectivity index (χ0n) is 14.4. The van der Waals surface area contributed by atoms with Gasteiger partial charge in [0.25, 0.3) is 0 Å². The minimum absolute atomic E-state index is 0.0804. The van der Waals surface area contributed by atoms with E-state index < -0.39 is 15.8 Å². The molecule has 0 bridgehead atoms. The largest absolute Gasteiger partial charge is 0.439 e. The van der Waals surface area contributed by atoms with Gasteiger partial charge in [0.05, 0.1) is 9.79 Å². The maximum absolute atomic E-state index is 12.9. The molecule has 28 heavy (non-hydrogen) atoms. The van der Waals surface area contributed by atoms with Gasteiger partial charge in [0.15, 0.2) is 5.58 Å². The molecule has 2 aromatic carbocycles. The molecule has 7 nitrogen and oxygen atoms in total. The molecule has 0 spiro atoms. The van der Waals surface area contributed by atoms with Crippen LogP contribution in [-0.4, -0.2) is 24.3 Å². The molecule has 4 aromatic rings. The number of fused-ring (bicyclic) bond motifs is 2. The van der Waals surface area contributed by atoms with Crippen LogP contribution >= 0.6 is 0 Å². The van der Waals surface area contributed by atoms with Crippen molar-refractivity contribution in [2.24, 2.45) is 0 Å². The Labute approximate surface area is 160 Å². The Morgan fingerprint density at radius 3 is 2.64 bits per heavy atom. The predicted octanol–water partition coefficient (Wildman–Crippen LogP) is 3.14. The highest BCUT2D eigenvalue weighted by Gasteiger charge is 2.37. The number of benzene rings is 2. The molecule has 0 aliphatic carbocycles. The molecule has 0 saturated carbocycles. The van der Waals surface area contributed by atoms with E-state index in [1.807, 2.05) is 12.1 Å². The highest BCUT2D eigenvalue weighted by Crippen LogP contribution is 2.39. The lowest BCUT2D eigenvalue weighted by atomic mass is 10.0. The first-order valence-electron chi connectivity index (χ1n) is 8.49. The van der Waals surface area contributed by atoms with Gasteiger partial charge in [-0.3, -0.25) is 9.78 Å². The molecule has 0 saturated heterocycles. The molecule has 1 amide bonds. The van der Waals surface area contributed by atoms with Gasteiger partial charge in [-0.2, -0.15) is 0 Å². The summed E-state index contributed by atoms with van der Waals surface area (Å²) < 4.78 is 31.6. The third kappa shape index (κ3) is 2.49. The SMILES string of the molecule is O=C1Nc2ccc(S(=O)(=O)c3cccnc3)cc2C1c1nc2ccccc2o1. The van der Waals surface area contributed by atoms with Gasteiger partial charge in [0.2, 0.25) is 21.6 Å². The maximum Gasteiger partial charge on any atom is 0.241 e. The van der Waals surface area contributed by atoms with Crippen LogP contribution in [0, 0.1) is 0 Å². The highest BCUT2D eigenvalue weighted by atomic mass is 32.2. The first-order chi connectivity index (χ1) is 13.5. The molecule has 2 aromatic heterocycles. The van der Waals surface area contributed by atoms with E-state index in [-0.39, 0.29) is 21.6 Å². The van der Waals surface area contributed by atoms with Gasteiger partial charge in [-0.05, 0) is 48.0 Å². The van der Waals surface area contributed by atoms with Crippen molar-refractivity contribution in [2.45, 2.75) is 15.7 Å². The quantitative estimate of drug-likeness (QED) is 0.576. The number of para-hydroxylation sites is 2. The second-order valence-corrected chi connectivity index (χ2v) is 8.33. The van der Waals surface area contributed by atoms with E-state index in [9.17, 15) is 13.2 Å². The number of rotatable bonds is 3. The minimum atomic E-state index is -3.76. The fraction of sp³-hybridized carbons (Fsp3) is 0.0500. The van der Waals surface area contributed by atoms with Gasteiger partial charge in [-0.15, -0.1) is 0 Å². The van der Waals surface area contributed by atoms with Crippen molar-refractivity contribution >= 4 is 32.5 Å². The fourth-order valence-electron chi connectivity index (χ4n) is 3.31. The van der Waals surface area contributed by atoms with Crippen molar-refractivity contribution in [1.82, 2.24) is 9.97 Å². The normalized spacial score (nSPS) is 16.1. The van der Waals surface area contributed by atoms with Crippen molar-refractivity contribution in [2.75, 3.05) is 5.32 Å². The van der Waals surface area contributed by atoms with E-state index in [1.165, 1.54) is 30.6 Å². The third-order valence-electron chi connectivity index (χ3n) is 4.67. The number of nitrogens with one attached hydrogen (secondary N) is 1. The molecule has 1 unspecified atom stereocenters. The van der Waals surface area contributed by atoms with Gasteiger partial charge >= 0.3 is 0 Å². The first kappa shape index (κ1) is 16.6. The van der Waals surface area contributed by atoms with Crippen LogP contribution in [0.3, 0.4) is 0 Å². The summed E-state index contributed by atoms with van der Waals surface area (Å²) in [4.78, 5) is 21.0. The van der Waals surface area contributed by atoms with Crippen LogP contribution in [0.25, 0.3) is 11.1 Å². The first-order valence-corrected chi connectivity index (χ1v) is 9.98. The van der Waals surface area contributed by atoms with Crippen LogP contribution in [0.2, 0.25) is 0 Å². The Hall–Kier alpha value is -3.52. The summed E-state index contributed by atoms with van der Waals surface area (Å²) in [5, 5.41) is 2.76. The molecule has 8 heteroatoms. The summed E-state index contributed by atoms with van der Waals surface area (Å²) in [5.74, 6) is -0.891. The molecule has 1 aliphatic heterocycles. The maximum atomic E-state index is 12.9. The number of carbonyl (C=O) groups excluding carboxylic acids is 1. The number of amides is 1. The van der Waals surface area contributed by atoms with Crippen LogP contribution in [0.5, 0.6) is 0 Å². The topological polar surface area (TPSA) is 102 Å². The van der Waals surface area contributed by atoms with Crippen LogP contribution in [0.15, 0.2) is 81.2 Å². The monoisotopic (exact) mass is 391 g/mol. The number of carbonyl (C=O) groups is 1. The van der Waals surface area contributed by atoms with E-state index >= 15 is 0 Å². The Balaban J connectivity index is 1.64. The molecular weight excluding hydrogens is 378 g/mol. The minimum Gasteiger partial charge on any atom is -0.439 e. The lowest BCUT2D eigenvalue weighted by molar-refractivity contribution is -0.116. The molecule has 3 heterocycles. The number of oxazole rings is 1. The average Bonchev–Trinajstić information content (AvgIpc) is 3.27. The van der Waals surface area contributed by atoms with Gasteiger partial charge in [0, 0.05) is 18.1 Å². The Kier molecular flexibility index (Phi) is 3.56. The second kappa shape index (κ2) is 6.00. The van der Waals surface area contributed by atoms with Crippen LogP contribution in [-0.2, 0) is 14.6 Å². The van der Waals surface area contributed by atoms with Crippen molar-refractivity contribution in [3.63, 3.8) is 0 Å². The number of sulfone groups is 1. The fourth-order valence-corrected chi connectivity index (χ4v) is 4.57. The van der Waals surface area contributed by atoms with Crippen LogP contribution < -0.4 is 5.32 Å². The smallest absolute Gasteiger partial charge is 0.241 e. The lowest BCUT2D eigenvalue weighted by Gasteiger charge is -2.08. The molecule has 0 fully saturated rings. The lowest BCUT2D eigenvalue weighted by Crippen LogP contribution is -2.13. The molecule has 1 aliphatic rings. The summed E-state index contributed by atoms with van der Waals surface area (Å²) >= 11 is 0. The Morgan fingerprint density at radius 1 is 1.00 bits per heavy atom. The van der Waals surface area contributed by atoms with Gasteiger partial charge in [-0.1, -0.05) is 12.1 Å². The van der Waals surface area contributed by atoms with Crippen molar-refractivity contribution < 1.29 is 17.6 Å². The zero-order chi connectivity index (χ0) is 19.3. The molecule has 0 radical (unpaired) electrons. The van der Waals surface area contributed by atoms with E-state index in [0.29, 0.717) is 22.4 Å². The number of hydrogen-bond donors (Lipinski definition) is 1. The second-order valence-electron chi connectivity index (χ2n) is 6.38. The van der Waals surface area contributed by atoms with Crippen LogP contribution in [0.4, 0.5) is 5.69 Å². The Morgan fingerprint density at radius 2 is 1.86 bits per heavy atom. The molecule has 1 N–H and O–H groups in total. The van der Waals surface area contributed by atoms with Gasteiger partial charge in [-0.25, -0.2) is 13.4 Å². The predicted molar refractivity (Wildman–Crippen MR) is 101 cm³/mol. The number of hydrogen-bond acceptors (Lipinski definition) is 6. The summed E-state index contributed by atoms with van der Waals surface area (Å²) in [6.45, 7) is 0. The van der Waals surface area contributed by atoms with E-state index in [2.05, 4.69) is 15.3 Å². The summed E-state index contributed by atoms with van der Waals surface area (Å²) in [6, 6.07) is 14.8. The number of nitrogens with zero attached hydrogens (tertiary/aromatic N) is 2. The number of aromatic nitrogens is 2. The Bertz CT molecular complexity index is 1300. The van der Waals surface area contributed by atoms with E-state index in [1.54, 1.807) is 24.3 Å². The van der Waals surface area contributed by atoms with Crippen molar-refractivity contribution in [3.8, 4) is 0 Å². The third-order valence-corrected chi connectivity index (χ3v) is 6.40. The van der Waals surface area contributed by atoms with Gasteiger partial charge in [0.1, 0.15) is 11.4 Å². The molecular formula is C20H13N3O4S. The summed E-state index contributed by atoms with van der Waals surface area (Å²) in [6.07, 6.45) is 2.80. The van der Waals surface area contributed by atoms with E-state index in [4.69, 9.17) is 4.42 Å². The zero-order valence-corrected chi connectivity index (χ0v) is 15.2. The van der Waals surface area contributed by atoms with Crippen molar-refractivity contribution in [1.29, 1.82) is 0 Å². The van der Waals surface area contributed by atoms with Crippen molar-refractivity contribution in [3.05, 3.63) is 78.4 Å². The number of anilines is 1. The average molecular weight is 391 g/mol. The molecule has 1 atom stereocenters. The summed E-state index contributed by atoms with van der Waals surface area (Å²) in [5.41, 5.74) is 2.26. The number of pyridine rings is 1. The highest BCUT2D eigenvalue weighted by molar-refractivity contribution is 7.91. The molecule has 138 valence electrons. The van der Waals surface area contributed by atoms with Crippen LogP contribution in [0.1, 0.15) is 17.4 Å². The summed E-state index contributed by atoms with van der Waals surface area (Å²) in [7, 11) is -3.76. The molecule has 5 rings (SSSR count). The van der Waals surface area contributed by atoms with Gasteiger partial charge < -0.3 is 9.73 Å².